The van der Waals surface area contributed by atoms with Gasteiger partial charge in [0.2, 0.25) is 0 Å². The van der Waals surface area contributed by atoms with Gasteiger partial charge < -0.3 is 4.74 Å². The van der Waals surface area contributed by atoms with E-state index in [-0.39, 0.29) is 5.60 Å². The molecule has 0 aromatic carbocycles. The van der Waals surface area contributed by atoms with Gasteiger partial charge in [-0.15, -0.1) is 0 Å². The summed E-state index contributed by atoms with van der Waals surface area (Å²) in [4.78, 5) is 0. The van der Waals surface area contributed by atoms with Crippen molar-refractivity contribution in [3.05, 3.63) is 34.9 Å². The molecule has 2 aliphatic rings. The molecule has 0 aromatic heterocycles. The third kappa shape index (κ3) is 4.85. The molecule has 0 bridgehead atoms. The van der Waals surface area contributed by atoms with Gasteiger partial charge in [0, 0.05) is 0 Å². The fourth-order valence-corrected chi connectivity index (χ4v) is 3.17. The van der Waals surface area contributed by atoms with Crippen molar-refractivity contribution in [3.8, 4) is 0 Å². The predicted molar refractivity (Wildman–Crippen MR) is 91.4 cm³/mol. The summed E-state index contributed by atoms with van der Waals surface area (Å²) in [6, 6.07) is 0. The van der Waals surface area contributed by atoms with Crippen LogP contribution in [0.3, 0.4) is 0 Å². The molecule has 1 heteroatoms. The molecular weight excluding hydrogens is 256 g/mol. The summed E-state index contributed by atoms with van der Waals surface area (Å²) in [5, 5.41) is 0. The molecule has 0 radical (unpaired) electrons. The molecule has 1 aliphatic heterocycles. The van der Waals surface area contributed by atoms with E-state index in [1.807, 2.05) is 0 Å². The van der Waals surface area contributed by atoms with Gasteiger partial charge in [-0.05, 0) is 65.2 Å². The third-order valence-corrected chi connectivity index (χ3v) is 5.10. The zero-order chi connectivity index (χ0) is 15.5. The van der Waals surface area contributed by atoms with Crippen molar-refractivity contribution in [2.45, 2.75) is 84.8 Å². The molecule has 0 saturated carbocycles. The topological polar surface area (TPSA) is 12.5 Å². The quantitative estimate of drug-likeness (QED) is 0.427. The largest absolute Gasteiger partial charge is 0.366 e. The van der Waals surface area contributed by atoms with E-state index < -0.39 is 0 Å². The Morgan fingerprint density at radius 3 is 2.57 bits per heavy atom. The van der Waals surface area contributed by atoms with Gasteiger partial charge in [-0.25, -0.2) is 0 Å². The lowest BCUT2D eigenvalue weighted by atomic mass is 9.90. The Kier molecular flexibility index (Phi) is 5.48. The summed E-state index contributed by atoms with van der Waals surface area (Å²) in [6.45, 7) is 11.4. The second-order valence-electron chi connectivity index (χ2n) is 7.46. The highest BCUT2D eigenvalue weighted by molar-refractivity contribution is 5.20. The Hall–Kier alpha value is -0.820. The van der Waals surface area contributed by atoms with Crippen LogP contribution in [0.1, 0.15) is 73.1 Å². The fraction of sp³-hybridized carbons (Fsp3) is 0.700. The number of rotatable bonds is 1. The number of hydrogen-bond donors (Lipinski definition) is 0. The number of allylic oxidation sites excluding steroid dienone is 6. The van der Waals surface area contributed by atoms with Crippen LogP contribution in [-0.2, 0) is 4.74 Å². The summed E-state index contributed by atoms with van der Waals surface area (Å²) in [6.07, 6.45) is 14.6. The second-order valence-corrected chi connectivity index (χ2v) is 7.46. The highest BCUT2D eigenvalue weighted by atomic mass is 16.6. The summed E-state index contributed by atoms with van der Waals surface area (Å²) in [5.41, 5.74) is 4.71. The molecule has 1 nitrogen and oxygen atoms in total. The van der Waals surface area contributed by atoms with E-state index in [9.17, 15) is 0 Å². The molecule has 118 valence electrons. The molecule has 1 saturated heterocycles. The number of ether oxygens (including phenoxy) is 1. The van der Waals surface area contributed by atoms with Crippen LogP contribution in [0.4, 0.5) is 0 Å². The maximum Gasteiger partial charge on any atom is 0.0923 e. The van der Waals surface area contributed by atoms with Crippen LogP contribution < -0.4 is 0 Å². The van der Waals surface area contributed by atoms with Crippen molar-refractivity contribution in [1.82, 2.24) is 0 Å². The number of epoxide rings is 1. The Balaban J connectivity index is 2.12. The molecule has 2 atom stereocenters. The fourth-order valence-electron chi connectivity index (χ4n) is 3.17. The lowest BCUT2D eigenvalue weighted by Crippen LogP contribution is -2.11. The minimum atomic E-state index is 0.136. The summed E-state index contributed by atoms with van der Waals surface area (Å²) >= 11 is 0. The molecule has 1 aliphatic carbocycles. The summed E-state index contributed by atoms with van der Waals surface area (Å²) in [5.74, 6) is 0.630. The molecule has 0 spiro atoms. The van der Waals surface area contributed by atoms with E-state index in [0.29, 0.717) is 12.0 Å². The van der Waals surface area contributed by atoms with Gasteiger partial charge in [0.05, 0.1) is 11.7 Å². The summed E-state index contributed by atoms with van der Waals surface area (Å²) in [7, 11) is 0. The average Bonchev–Trinajstić information content (AvgIpc) is 3.06. The number of hydrogen-bond acceptors (Lipinski definition) is 1. The van der Waals surface area contributed by atoms with Crippen LogP contribution in [0.5, 0.6) is 0 Å². The third-order valence-electron chi connectivity index (χ3n) is 5.10. The van der Waals surface area contributed by atoms with Crippen molar-refractivity contribution in [3.63, 3.8) is 0 Å². The molecule has 1 heterocycles. The van der Waals surface area contributed by atoms with Gasteiger partial charge in [0.15, 0.2) is 0 Å². The van der Waals surface area contributed by atoms with E-state index in [0.717, 1.165) is 6.42 Å². The maximum atomic E-state index is 6.01. The van der Waals surface area contributed by atoms with Crippen LogP contribution in [0.15, 0.2) is 34.9 Å². The van der Waals surface area contributed by atoms with Crippen LogP contribution in [0, 0.1) is 5.92 Å². The first-order valence-electron chi connectivity index (χ1n) is 8.60. The molecule has 0 aromatic rings. The Bertz CT molecular complexity index is 452. The van der Waals surface area contributed by atoms with Crippen molar-refractivity contribution >= 4 is 0 Å². The van der Waals surface area contributed by atoms with Gasteiger partial charge in [-0.1, -0.05) is 48.8 Å². The Labute approximate surface area is 131 Å². The van der Waals surface area contributed by atoms with E-state index in [1.54, 1.807) is 5.57 Å². The lowest BCUT2D eigenvalue weighted by molar-refractivity contribution is 0.293. The van der Waals surface area contributed by atoms with Crippen molar-refractivity contribution in [2.24, 2.45) is 5.92 Å². The normalized spacial score (nSPS) is 39.1. The van der Waals surface area contributed by atoms with Crippen LogP contribution >= 0.6 is 0 Å². The molecule has 0 amide bonds. The first-order valence-corrected chi connectivity index (χ1v) is 8.60. The molecule has 2 rings (SSSR count). The highest BCUT2D eigenvalue weighted by Crippen LogP contribution is 2.44. The van der Waals surface area contributed by atoms with E-state index >= 15 is 0 Å². The maximum absolute atomic E-state index is 6.01. The predicted octanol–water partition coefficient (Wildman–Crippen LogP) is 5.97. The van der Waals surface area contributed by atoms with Gasteiger partial charge in [0.25, 0.3) is 0 Å². The molecule has 0 N–H and O–H groups in total. The monoisotopic (exact) mass is 288 g/mol. The Morgan fingerprint density at radius 1 is 1.10 bits per heavy atom. The highest BCUT2D eigenvalue weighted by Gasteiger charge is 2.50. The van der Waals surface area contributed by atoms with Gasteiger partial charge in [-0.2, -0.15) is 0 Å². The van der Waals surface area contributed by atoms with Gasteiger partial charge in [-0.3, -0.25) is 0 Å². The average molecular weight is 288 g/mol. The van der Waals surface area contributed by atoms with Gasteiger partial charge in [0.1, 0.15) is 0 Å². The lowest BCUT2D eigenvalue weighted by Gasteiger charge is -2.14. The van der Waals surface area contributed by atoms with E-state index in [1.165, 1.54) is 43.3 Å². The standard InChI is InChI=1S/C20H32O/c1-15(2)18-11-9-16(3)7-6-8-17(4)10-12-19-20(5,21-19)14-13-18/h8-9,11,15,19H,6-7,10,12-14H2,1-5H3/b16-9+,17-8+,18-11+/t19-,20+/m0/s1. The molecule has 0 unspecified atom stereocenters. The van der Waals surface area contributed by atoms with Crippen LogP contribution in [-0.4, -0.2) is 11.7 Å². The first kappa shape index (κ1) is 16.5. The van der Waals surface area contributed by atoms with E-state index in [4.69, 9.17) is 4.74 Å². The smallest absolute Gasteiger partial charge is 0.0923 e. The van der Waals surface area contributed by atoms with Crippen LogP contribution in [0.2, 0.25) is 0 Å². The Morgan fingerprint density at radius 2 is 1.86 bits per heavy atom. The molecule has 1 fully saturated rings. The first-order chi connectivity index (χ1) is 9.90. The second kappa shape index (κ2) is 6.96. The minimum absolute atomic E-state index is 0.136. The van der Waals surface area contributed by atoms with Crippen molar-refractivity contribution in [2.75, 3.05) is 0 Å². The zero-order valence-electron chi connectivity index (χ0n) is 14.5. The number of fused-ring (bicyclic) bond motifs is 1. The van der Waals surface area contributed by atoms with Crippen molar-refractivity contribution < 1.29 is 4.74 Å². The van der Waals surface area contributed by atoms with E-state index in [2.05, 4.69) is 52.8 Å². The SMILES string of the molecule is C/C1=C\C=C(\C(C)C)CC[C@@]2(C)O[C@H]2CC/C(C)=C/CC1. The van der Waals surface area contributed by atoms with Crippen LogP contribution in [0.25, 0.3) is 0 Å². The van der Waals surface area contributed by atoms with Crippen molar-refractivity contribution in [1.29, 1.82) is 0 Å². The summed E-state index contributed by atoms with van der Waals surface area (Å²) < 4.78 is 6.01. The zero-order valence-corrected chi connectivity index (χ0v) is 14.5. The molecule has 21 heavy (non-hydrogen) atoms. The minimum Gasteiger partial charge on any atom is -0.366 e. The molecular formula is C20H32O. The van der Waals surface area contributed by atoms with Gasteiger partial charge >= 0.3 is 0 Å².